The summed E-state index contributed by atoms with van der Waals surface area (Å²) < 4.78 is 22.8. The normalized spacial score (nSPS) is 20.2. The van der Waals surface area contributed by atoms with Crippen molar-refractivity contribution in [3.05, 3.63) is 28.8 Å². The Morgan fingerprint density at radius 2 is 1.95 bits per heavy atom. The predicted molar refractivity (Wildman–Crippen MR) is 78.3 cm³/mol. The van der Waals surface area contributed by atoms with E-state index in [2.05, 4.69) is 5.32 Å². The van der Waals surface area contributed by atoms with Gasteiger partial charge in [-0.1, -0.05) is 0 Å². The Morgan fingerprint density at radius 1 is 1.29 bits per heavy atom. The quantitative estimate of drug-likeness (QED) is 0.878. The van der Waals surface area contributed by atoms with E-state index in [0.29, 0.717) is 17.7 Å². The molecule has 1 aliphatic heterocycles. The lowest BCUT2D eigenvalue weighted by Gasteiger charge is -2.13. The van der Waals surface area contributed by atoms with Crippen molar-refractivity contribution in [1.82, 2.24) is 0 Å². The number of carbonyl (C=O) groups excluding carboxylic acids is 1. The first kappa shape index (κ1) is 15.5. The molecule has 21 heavy (non-hydrogen) atoms. The van der Waals surface area contributed by atoms with Crippen LogP contribution in [0.1, 0.15) is 27.9 Å². The van der Waals surface area contributed by atoms with Gasteiger partial charge in [0.25, 0.3) is 0 Å². The third-order valence-electron chi connectivity index (χ3n) is 3.77. The molecule has 0 bridgehead atoms. The Balaban J connectivity index is 2.20. The van der Waals surface area contributed by atoms with Crippen LogP contribution in [0.2, 0.25) is 0 Å². The molecule has 6 nitrogen and oxygen atoms in total. The molecule has 0 saturated carbocycles. The number of sulfone groups is 1. The van der Waals surface area contributed by atoms with Crippen molar-refractivity contribution in [2.75, 3.05) is 16.8 Å². The molecule has 1 saturated heterocycles. The standard InChI is InChI=1S/C14H17NO5S/c1-8-5-11(6-12(9(8)2)14(17)18)15-13(16)10-3-4-21(19,20)7-10/h5-6,10H,3-4,7H2,1-2H3,(H,15,16)(H,17,18). The number of carboxylic acid groups (broad SMARTS) is 1. The van der Waals surface area contributed by atoms with Gasteiger partial charge in [0.15, 0.2) is 9.84 Å². The van der Waals surface area contributed by atoms with Gasteiger partial charge in [-0.2, -0.15) is 0 Å². The van der Waals surface area contributed by atoms with Crippen LogP contribution in [0.5, 0.6) is 0 Å². The molecule has 2 rings (SSSR count). The zero-order valence-electron chi connectivity index (χ0n) is 11.8. The maximum absolute atomic E-state index is 12.1. The highest BCUT2D eigenvalue weighted by atomic mass is 32.2. The number of hydrogen-bond acceptors (Lipinski definition) is 4. The highest BCUT2D eigenvalue weighted by Crippen LogP contribution is 2.23. The largest absolute Gasteiger partial charge is 0.478 e. The molecule has 7 heteroatoms. The first-order valence-corrected chi connectivity index (χ1v) is 8.37. The monoisotopic (exact) mass is 311 g/mol. The minimum Gasteiger partial charge on any atom is -0.478 e. The topological polar surface area (TPSA) is 101 Å². The van der Waals surface area contributed by atoms with E-state index in [0.717, 1.165) is 5.56 Å². The van der Waals surface area contributed by atoms with Gasteiger partial charge in [0.05, 0.1) is 23.0 Å². The molecular formula is C14H17NO5S. The lowest BCUT2D eigenvalue weighted by atomic mass is 10.0. The number of carbonyl (C=O) groups is 2. The zero-order chi connectivity index (χ0) is 15.8. The first-order valence-electron chi connectivity index (χ1n) is 6.55. The molecule has 0 aliphatic carbocycles. The second-order valence-electron chi connectivity index (χ2n) is 5.36. The Morgan fingerprint density at radius 3 is 2.48 bits per heavy atom. The van der Waals surface area contributed by atoms with E-state index in [1.807, 2.05) is 0 Å². The maximum atomic E-state index is 12.1. The summed E-state index contributed by atoms with van der Waals surface area (Å²) in [7, 11) is -3.12. The summed E-state index contributed by atoms with van der Waals surface area (Å²) in [6, 6.07) is 3.08. The number of hydrogen-bond donors (Lipinski definition) is 2. The zero-order valence-corrected chi connectivity index (χ0v) is 12.7. The molecule has 1 aromatic carbocycles. The summed E-state index contributed by atoms with van der Waals surface area (Å²) in [6.07, 6.45) is 0.310. The van der Waals surface area contributed by atoms with E-state index in [-0.39, 0.29) is 23.0 Å². The summed E-state index contributed by atoms with van der Waals surface area (Å²) in [4.78, 5) is 23.2. The number of aromatic carboxylic acids is 1. The van der Waals surface area contributed by atoms with Crippen LogP contribution in [0.3, 0.4) is 0 Å². The summed E-state index contributed by atoms with van der Waals surface area (Å²) in [6.45, 7) is 3.46. The fraction of sp³-hybridized carbons (Fsp3) is 0.429. The van der Waals surface area contributed by atoms with Gasteiger partial charge in [-0.3, -0.25) is 4.79 Å². The van der Waals surface area contributed by atoms with Gasteiger partial charge < -0.3 is 10.4 Å². The lowest BCUT2D eigenvalue weighted by Crippen LogP contribution is -2.24. The van der Waals surface area contributed by atoms with E-state index < -0.39 is 21.7 Å². The van der Waals surface area contributed by atoms with Crippen LogP contribution in [0, 0.1) is 19.8 Å². The van der Waals surface area contributed by atoms with E-state index >= 15 is 0 Å². The van der Waals surface area contributed by atoms with Crippen molar-refractivity contribution in [1.29, 1.82) is 0 Å². The Hall–Kier alpha value is -1.89. The molecule has 0 aromatic heterocycles. The van der Waals surface area contributed by atoms with Crippen LogP contribution >= 0.6 is 0 Å². The summed E-state index contributed by atoms with van der Waals surface area (Å²) in [5.74, 6) is -2.12. The van der Waals surface area contributed by atoms with Crippen molar-refractivity contribution in [2.45, 2.75) is 20.3 Å². The minimum absolute atomic E-state index is 0.0262. The summed E-state index contributed by atoms with van der Waals surface area (Å²) >= 11 is 0. The predicted octanol–water partition coefficient (Wildman–Crippen LogP) is 1.37. The van der Waals surface area contributed by atoms with Gasteiger partial charge in [-0.15, -0.1) is 0 Å². The third kappa shape index (κ3) is 3.41. The van der Waals surface area contributed by atoms with Crippen LogP contribution in [0.15, 0.2) is 12.1 Å². The fourth-order valence-electron chi connectivity index (χ4n) is 2.40. The molecule has 1 aromatic rings. The number of anilines is 1. The number of aryl methyl sites for hydroxylation is 1. The fourth-order valence-corrected chi connectivity index (χ4v) is 4.14. The van der Waals surface area contributed by atoms with E-state index in [4.69, 9.17) is 5.11 Å². The van der Waals surface area contributed by atoms with Crippen molar-refractivity contribution in [2.24, 2.45) is 5.92 Å². The van der Waals surface area contributed by atoms with Crippen molar-refractivity contribution >= 4 is 27.4 Å². The Kier molecular flexibility index (Phi) is 4.04. The molecule has 1 amide bonds. The lowest BCUT2D eigenvalue weighted by molar-refractivity contribution is -0.119. The van der Waals surface area contributed by atoms with Gasteiger partial charge >= 0.3 is 5.97 Å². The molecule has 114 valence electrons. The number of carboxylic acids is 1. The third-order valence-corrected chi connectivity index (χ3v) is 5.54. The number of rotatable bonds is 3. The average Bonchev–Trinajstić information content (AvgIpc) is 2.73. The second-order valence-corrected chi connectivity index (χ2v) is 7.59. The second kappa shape index (κ2) is 5.48. The number of benzene rings is 1. The van der Waals surface area contributed by atoms with Gasteiger partial charge in [-0.25, -0.2) is 13.2 Å². The van der Waals surface area contributed by atoms with Crippen LogP contribution in [0.25, 0.3) is 0 Å². The smallest absolute Gasteiger partial charge is 0.336 e. The van der Waals surface area contributed by atoms with Crippen LogP contribution in [-0.4, -0.2) is 36.9 Å². The highest BCUT2D eigenvalue weighted by Gasteiger charge is 2.33. The molecular weight excluding hydrogens is 294 g/mol. The van der Waals surface area contributed by atoms with Crippen molar-refractivity contribution < 1.29 is 23.1 Å². The SMILES string of the molecule is Cc1cc(NC(=O)C2CCS(=O)(=O)C2)cc(C(=O)O)c1C. The maximum Gasteiger partial charge on any atom is 0.336 e. The summed E-state index contributed by atoms with van der Waals surface area (Å²) in [5, 5.41) is 11.8. The molecule has 1 unspecified atom stereocenters. The number of nitrogens with one attached hydrogen (secondary N) is 1. The minimum atomic E-state index is -3.12. The molecule has 0 spiro atoms. The van der Waals surface area contributed by atoms with Gasteiger partial charge in [0.2, 0.25) is 5.91 Å². The van der Waals surface area contributed by atoms with Gasteiger partial charge in [0.1, 0.15) is 0 Å². The van der Waals surface area contributed by atoms with E-state index in [1.54, 1.807) is 19.9 Å². The Labute approximate surface area is 123 Å². The van der Waals surface area contributed by atoms with Crippen LogP contribution in [0.4, 0.5) is 5.69 Å². The molecule has 1 heterocycles. The number of amides is 1. The molecule has 1 atom stereocenters. The van der Waals surface area contributed by atoms with Crippen molar-refractivity contribution in [3.8, 4) is 0 Å². The van der Waals surface area contributed by atoms with Crippen LogP contribution < -0.4 is 5.32 Å². The summed E-state index contributed by atoms with van der Waals surface area (Å²) in [5.41, 5.74) is 1.90. The van der Waals surface area contributed by atoms with E-state index in [9.17, 15) is 18.0 Å². The molecule has 2 N–H and O–H groups in total. The molecule has 1 fully saturated rings. The molecule has 1 aliphatic rings. The first-order chi connectivity index (χ1) is 9.69. The van der Waals surface area contributed by atoms with Crippen molar-refractivity contribution in [3.63, 3.8) is 0 Å². The Bertz CT molecular complexity index is 708. The van der Waals surface area contributed by atoms with E-state index in [1.165, 1.54) is 6.07 Å². The van der Waals surface area contributed by atoms with Gasteiger partial charge in [-0.05, 0) is 43.5 Å². The highest BCUT2D eigenvalue weighted by molar-refractivity contribution is 7.91. The average molecular weight is 311 g/mol. The van der Waals surface area contributed by atoms with Crippen LogP contribution in [-0.2, 0) is 14.6 Å². The van der Waals surface area contributed by atoms with Gasteiger partial charge in [0, 0.05) is 5.69 Å². The molecule has 0 radical (unpaired) electrons.